The van der Waals surface area contributed by atoms with Crippen LogP contribution >= 0.6 is 11.6 Å². The zero-order valence-electron chi connectivity index (χ0n) is 9.92. The van der Waals surface area contributed by atoms with Gasteiger partial charge in [0.15, 0.2) is 0 Å². The van der Waals surface area contributed by atoms with Crippen molar-refractivity contribution in [2.24, 2.45) is 0 Å². The Morgan fingerprint density at radius 1 is 1.38 bits per heavy atom. The maximum atomic E-state index is 6.04. The summed E-state index contributed by atoms with van der Waals surface area (Å²) in [6.45, 7) is 5.41. The van der Waals surface area contributed by atoms with Crippen LogP contribution in [0.25, 0.3) is 0 Å². The van der Waals surface area contributed by atoms with E-state index in [9.17, 15) is 0 Å². The summed E-state index contributed by atoms with van der Waals surface area (Å²) in [4.78, 5) is 0. The van der Waals surface area contributed by atoms with E-state index in [1.807, 2.05) is 32.0 Å². The van der Waals surface area contributed by atoms with Gasteiger partial charge < -0.3 is 14.8 Å². The van der Waals surface area contributed by atoms with Crippen molar-refractivity contribution in [2.75, 3.05) is 25.6 Å². The van der Waals surface area contributed by atoms with Crippen LogP contribution in [0.4, 0.5) is 5.69 Å². The van der Waals surface area contributed by atoms with Crippen LogP contribution in [-0.4, -0.2) is 26.4 Å². The molecular formula is C12H18ClNO2. The smallest absolute Gasteiger partial charge is 0.121 e. The van der Waals surface area contributed by atoms with Crippen LogP contribution in [0.1, 0.15) is 13.8 Å². The zero-order chi connectivity index (χ0) is 12.0. The van der Waals surface area contributed by atoms with Gasteiger partial charge in [-0.15, -0.1) is 0 Å². The first-order valence-corrected chi connectivity index (χ1v) is 5.70. The van der Waals surface area contributed by atoms with E-state index in [2.05, 4.69) is 5.32 Å². The standard InChI is InChI=1S/C12H18ClNO2/c1-9(2)16-7-6-14-12-8-10(15-3)4-5-11(12)13/h4-5,8-9,14H,6-7H2,1-3H3. The van der Waals surface area contributed by atoms with Crippen molar-refractivity contribution >= 4 is 17.3 Å². The van der Waals surface area contributed by atoms with Gasteiger partial charge in [0.1, 0.15) is 5.75 Å². The zero-order valence-corrected chi connectivity index (χ0v) is 10.7. The first kappa shape index (κ1) is 13.1. The molecule has 0 unspecified atom stereocenters. The average molecular weight is 244 g/mol. The van der Waals surface area contributed by atoms with E-state index in [1.54, 1.807) is 7.11 Å². The molecule has 0 radical (unpaired) electrons. The lowest BCUT2D eigenvalue weighted by atomic mass is 10.3. The summed E-state index contributed by atoms with van der Waals surface area (Å²) in [7, 11) is 1.63. The molecule has 90 valence electrons. The van der Waals surface area contributed by atoms with E-state index in [0.29, 0.717) is 11.6 Å². The fourth-order valence-corrected chi connectivity index (χ4v) is 1.43. The molecule has 0 aliphatic carbocycles. The van der Waals surface area contributed by atoms with Gasteiger partial charge in [-0.3, -0.25) is 0 Å². The second kappa shape index (κ2) is 6.61. The number of hydrogen-bond donors (Lipinski definition) is 1. The fraction of sp³-hybridized carbons (Fsp3) is 0.500. The summed E-state index contributed by atoms with van der Waals surface area (Å²) < 4.78 is 10.5. The molecule has 0 amide bonds. The highest BCUT2D eigenvalue weighted by Gasteiger charge is 2.01. The lowest BCUT2D eigenvalue weighted by Gasteiger charge is -2.11. The minimum Gasteiger partial charge on any atom is -0.497 e. The lowest BCUT2D eigenvalue weighted by Crippen LogP contribution is -2.13. The molecule has 0 bridgehead atoms. The summed E-state index contributed by atoms with van der Waals surface area (Å²) in [5.74, 6) is 0.789. The molecule has 1 N–H and O–H groups in total. The molecule has 0 atom stereocenters. The summed E-state index contributed by atoms with van der Waals surface area (Å²) in [5.41, 5.74) is 0.869. The third kappa shape index (κ3) is 4.29. The van der Waals surface area contributed by atoms with Gasteiger partial charge in [-0.2, -0.15) is 0 Å². The van der Waals surface area contributed by atoms with Gasteiger partial charge in [-0.05, 0) is 26.0 Å². The number of halogens is 1. The quantitative estimate of drug-likeness (QED) is 0.779. The van der Waals surface area contributed by atoms with Crippen molar-refractivity contribution < 1.29 is 9.47 Å². The molecule has 16 heavy (non-hydrogen) atoms. The monoisotopic (exact) mass is 243 g/mol. The maximum absolute atomic E-state index is 6.04. The van der Waals surface area contributed by atoms with Crippen molar-refractivity contribution in [3.8, 4) is 5.75 Å². The molecule has 0 heterocycles. The molecule has 0 saturated carbocycles. The first-order valence-electron chi connectivity index (χ1n) is 5.32. The van der Waals surface area contributed by atoms with E-state index >= 15 is 0 Å². The fourth-order valence-electron chi connectivity index (χ4n) is 1.25. The van der Waals surface area contributed by atoms with Crippen LogP contribution in [0, 0.1) is 0 Å². The van der Waals surface area contributed by atoms with Gasteiger partial charge in [0.2, 0.25) is 0 Å². The second-order valence-corrected chi connectivity index (χ2v) is 4.10. The van der Waals surface area contributed by atoms with Gasteiger partial charge in [-0.25, -0.2) is 0 Å². The largest absolute Gasteiger partial charge is 0.497 e. The number of benzene rings is 1. The molecule has 0 spiro atoms. The maximum Gasteiger partial charge on any atom is 0.121 e. The molecule has 0 fully saturated rings. The van der Waals surface area contributed by atoms with Crippen molar-refractivity contribution in [2.45, 2.75) is 20.0 Å². The van der Waals surface area contributed by atoms with E-state index in [4.69, 9.17) is 21.1 Å². The average Bonchev–Trinajstić information content (AvgIpc) is 2.26. The number of rotatable bonds is 6. The van der Waals surface area contributed by atoms with Crippen LogP contribution in [-0.2, 0) is 4.74 Å². The van der Waals surface area contributed by atoms with E-state index < -0.39 is 0 Å². The van der Waals surface area contributed by atoms with Gasteiger partial charge in [0, 0.05) is 12.6 Å². The topological polar surface area (TPSA) is 30.5 Å². The van der Waals surface area contributed by atoms with Crippen molar-refractivity contribution in [1.29, 1.82) is 0 Å². The SMILES string of the molecule is COc1ccc(Cl)c(NCCOC(C)C)c1. The minimum absolute atomic E-state index is 0.252. The van der Waals surface area contributed by atoms with E-state index in [1.165, 1.54) is 0 Å². The Balaban J connectivity index is 2.46. The van der Waals surface area contributed by atoms with Crippen LogP contribution in [0.2, 0.25) is 5.02 Å². The minimum atomic E-state index is 0.252. The predicted octanol–water partition coefficient (Wildman–Crippen LogP) is 3.19. The Labute approximate surface area is 102 Å². The lowest BCUT2D eigenvalue weighted by molar-refractivity contribution is 0.0870. The predicted molar refractivity (Wildman–Crippen MR) is 67.6 cm³/mol. The molecule has 0 aliphatic rings. The molecule has 1 rings (SSSR count). The van der Waals surface area contributed by atoms with Gasteiger partial charge >= 0.3 is 0 Å². The normalized spacial score (nSPS) is 10.6. The third-order valence-corrected chi connectivity index (χ3v) is 2.37. The van der Waals surface area contributed by atoms with Crippen molar-refractivity contribution in [3.63, 3.8) is 0 Å². The third-order valence-electron chi connectivity index (χ3n) is 2.04. The Kier molecular flexibility index (Phi) is 5.43. The number of methoxy groups -OCH3 is 1. The van der Waals surface area contributed by atoms with Gasteiger partial charge in [0.25, 0.3) is 0 Å². The van der Waals surface area contributed by atoms with E-state index in [-0.39, 0.29) is 6.10 Å². The molecule has 0 aliphatic heterocycles. The summed E-state index contributed by atoms with van der Waals surface area (Å²) in [5, 5.41) is 3.89. The summed E-state index contributed by atoms with van der Waals surface area (Å²) >= 11 is 6.04. The number of hydrogen-bond acceptors (Lipinski definition) is 3. The van der Waals surface area contributed by atoms with Crippen LogP contribution in [0.5, 0.6) is 5.75 Å². The Morgan fingerprint density at radius 3 is 2.75 bits per heavy atom. The van der Waals surface area contributed by atoms with Gasteiger partial charge in [-0.1, -0.05) is 11.6 Å². The summed E-state index contributed by atoms with van der Waals surface area (Å²) in [6, 6.07) is 5.52. The number of anilines is 1. The van der Waals surface area contributed by atoms with Crippen LogP contribution < -0.4 is 10.1 Å². The van der Waals surface area contributed by atoms with E-state index in [0.717, 1.165) is 18.0 Å². The van der Waals surface area contributed by atoms with Crippen LogP contribution in [0.15, 0.2) is 18.2 Å². The van der Waals surface area contributed by atoms with Crippen LogP contribution in [0.3, 0.4) is 0 Å². The molecule has 1 aromatic rings. The molecule has 3 nitrogen and oxygen atoms in total. The molecule has 0 saturated heterocycles. The second-order valence-electron chi connectivity index (χ2n) is 3.69. The van der Waals surface area contributed by atoms with Crippen molar-refractivity contribution in [3.05, 3.63) is 23.2 Å². The number of nitrogens with one attached hydrogen (secondary N) is 1. The Bertz CT molecular complexity index is 329. The first-order chi connectivity index (χ1) is 7.63. The highest BCUT2D eigenvalue weighted by molar-refractivity contribution is 6.33. The molecular weight excluding hydrogens is 226 g/mol. The molecule has 4 heteroatoms. The Hall–Kier alpha value is -0.930. The van der Waals surface area contributed by atoms with Gasteiger partial charge in [0.05, 0.1) is 30.5 Å². The molecule has 1 aromatic carbocycles. The number of ether oxygens (including phenoxy) is 2. The summed E-state index contributed by atoms with van der Waals surface area (Å²) in [6.07, 6.45) is 0.252. The van der Waals surface area contributed by atoms with Crippen molar-refractivity contribution in [1.82, 2.24) is 0 Å². The highest BCUT2D eigenvalue weighted by Crippen LogP contribution is 2.26. The Morgan fingerprint density at radius 2 is 2.12 bits per heavy atom. The molecule has 0 aromatic heterocycles. The highest BCUT2D eigenvalue weighted by atomic mass is 35.5.